The highest BCUT2D eigenvalue weighted by atomic mass is 19.1. The van der Waals surface area contributed by atoms with E-state index in [0.717, 1.165) is 11.6 Å². The van der Waals surface area contributed by atoms with Gasteiger partial charge >= 0.3 is 0 Å². The predicted octanol–water partition coefficient (Wildman–Crippen LogP) is 2.28. The number of ether oxygens (including phenoxy) is 2. The van der Waals surface area contributed by atoms with Crippen LogP contribution in [0.4, 0.5) is 8.78 Å². The van der Waals surface area contributed by atoms with E-state index in [2.05, 4.69) is 10.7 Å². The quantitative estimate of drug-likeness (QED) is 0.526. The van der Waals surface area contributed by atoms with Crippen molar-refractivity contribution < 1.29 is 27.8 Å². The highest BCUT2D eigenvalue weighted by Gasteiger charge is 2.28. The highest BCUT2D eigenvalue weighted by molar-refractivity contribution is 5.98. The van der Waals surface area contributed by atoms with Gasteiger partial charge in [0.1, 0.15) is 23.8 Å². The topological polar surface area (TPSA) is 102 Å². The van der Waals surface area contributed by atoms with Crippen LogP contribution in [0.5, 0.6) is 5.75 Å². The number of hydrogen-bond donors (Lipinski definition) is 2. The van der Waals surface area contributed by atoms with Gasteiger partial charge in [0.05, 0.1) is 19.8 Å². The lowest BCUT2D eigenvalue weighted by molar-refractivity contribution is 0.0675. The van der Waals surface area contributed by atoms with Gasteiger partial charge in [-0.3, -0.25) is 19.1 Å². The number of fused-ring (bicyclic) bond motifs is 1. The van der Waals surface area contributed by atoms with Gasteiger partial charge in [-0.1, -0.05) is 36.4 Å². The zero-order valence-electron chi connectivity index (χ0n) is 20.1. The molecule has 194 valence electrons. The smallest absolute Gasteiger partial charge is 0.276 e. The summed E-state index contributed by atoms with van der Waals surface area (Å²) in [6, 6.07) is 12.0. The fourth-order valence-corrected chi connectivity index (χ4v) is 3.70. The van der Waals surface area contributed by atoms with Gasteiger partial charge in [0.25, 0.3) is 11.8 Å². The number of hydrogen-bond acceptors (Lipinski definition) is 6. The summed E-state index contributed by atoms with van der Waals surface area (Å²) in [6.45, 7) is 0.905. The van der Waals surface area contributed by atoms with Gasteiger partial charge in [-0.05, 0) is 11.6 Å². The summed E-state index contributed by atoms with van der Waals surface area (Å²) in [5.74, 6) is -3.19. The molecule has 2 heterocycles. The van der Waals surface area contributed by atoms with Crippen LogP contribution in [0.2, 0.25) is 0 Å². The first-order valence-corrected chi connectivity index (χ1v) is 11.6. The van der Waals surface area contributed by atoms with Crippen molar-refractivity contribution in [2.45, 2.75) is 13.2 Å². The summed E-state index contributed by atoms with van der Waals surface area (Å²) in [6.07, 6.45) is 1.21. The third kappa shape index (κ3) is 6.12. The Morgan fingerprint density at radius 3 is 2.68 bits per heavy atom. The van der Waals surface area contributed by atoms with Gasteiger partial charge in [0, 0.05) is 38.0 Å². The second-order valence-corrected chi connectivity index (χ2v) is 8.36. The largest absolute Gasteiger partial charge is 0.482 e. The zero-order valence-corrected chi connectivity index (χ0v) is 20.1. The van der Waals surface area contributed by atoms with Crippen LogP contribution in [0.1, 0.15) is 32.0 Å². The average Bonchev–Trinajstić information content (AvgIpc) is 2.89. The molecule has 2 N–H and O–H groups in total. The molecular weight excluding hydrogens is 486 g/mol. The van der Waals surface area contributed by atoms with E-state index in [9.17, 15) is 23.2 Å². The lowest BCUT2D eigenvalue weighted by Gasteiger charge is -2.25. The molecule has 0 spiro atoms. The zero-order chi connectivity index (χ0) is 26.4. The van der Waals surface area contributed by atoms with Crippen LogP contribution in [0.15, 0.2) is 59.5 Å². The highest BCUT2D eigenvalue weighted by Crippen LogP contribution is 2.19. The van der Waals surface area contributed by atoms with Gasteiger partial charge in [0.15, 0.2) is 11.4 Å². The fourth-order valence-electron chi connectivity index (χ4n) is 3.70. The number of likely N-dealkylation sites (N-methyl/N-ethyl adjacent to an activating group) is 1. The van der Waals surface area contributed by atoms with Crippen molar-refractivity contribution in [1.29, 1.82) is 0 Å². The Hall–Kier alpha value is -4.25. The van der Waals surface area contributed by atoms with Crippen molar-refractivity contribution in [3.05, 3.63) is 99.0 Å². The molecule has 4 rings (SSSR count). The minimum atomic E-state index is -0.829. The predicted molar refractivity (Wildman–Crippen MR) is 131 cm³/mol. The molecule has 0 aliphatic carbocycles. The number of halogens is 2. The third-order valence-electron chi connectivity index (χ3n) is 5.74. The van der Waals surface area contributed by atoms with Crippen LogP contribution in [-0.2, 0) is 17.9 Å². The summed E-state index contributed by atoms with van der Waals surface area (Å²) in [5.41, 5.74) is 2.59. The van der Waals surface area contributed by atoms with E-state index in [0.29, 0.717) is 19.3 Å². The summed E-state index contributed by atoms with van der Waals surface area (Å²) in [5, 5.41) is 2.48. The minimum absolute atomic E-state index is 0.0188. The number of nitrogens with zero attached hydrogens (tertiary/aromatic N) is 2. The maximum Gasteiger partial charge on any atom is 0.276 e. The molecule has 0 fully saturated rings. The van der Waals surface area contributed by atoms with Gasteiger partial charge in [-0.25, -0.2) is 8.78 Å². The monoisotopic (exact) mass is 512 g/mol. The average molecular weight is 513 g/mol. The van der Waals surface area contributed by atoms with Gasteiger partial charge in [-0.2, -0.15) is 0 Å². The van der Waals surface area contributed by atoms with Crippen LogP contribution < -0.4 is 20.9 Å². The number of aromatic nitrogens is 1. The molecule has 2 aromatic carbocycles. The molecule has 3 aromatic rings. The van der Waals surface area contributed by atoms with Crippen molar-refractivity contribution in [2.24, 2.45) is 0 Å². The first-order chi connectivity index (χ1) is 17.8. The van der Waals surface area contributed by atoms with Crippen LogP contribution >= 0.6 is 0 Å². The lowest BCUT2D eigenvalue weighted by atomic mass is 10.1. The second kappa shape index (κ2) is 11.7. The molecule has 11 heteroatoms. The molecule has 0 unspecified atom stereocenters. The SMILES string of the molecule is CN1CCOCCNn2cc(C(=O)NCc3ccc(F)cc3F)c(=O)c(OCc3ccccc3)c2C1=O. The van der Waals surface area contributed by atoms with Crippen LogP contribution in [0.25, 0.3) is 0 Å². The van der Waals surface area contributed by atoms with Crippen molar-refractivity contribution >= 4 is 11.8 Å². The molecule has 1 aliphatic rings. The number of pyridine rings is 1. The van der Waals surface area contributed by atoms with E-state index in [-0.39, 0.29) is 48.8 Å². The molecule has 0 radical (unpaired) electrons. The first kappa shape index (κ1) is 25.8. The molecule has 0 bridgehead atoms. The summed E-state index contributed by atoms with van der Waals surface area (Å²) in [7, 11) is 1.57. The normalized spacial score (nSPS) is 13.9. The third-order valence-corrected chi connectivity index (χ3v) is 5.74. The Balaban J connectivity index is 1.72. The van der Waals surface area contributed by atoms with Gasteiger partial charge < -0.3 is 25.1 Å². The fraction of sp³-hybridized carbons (Fsp3) is 0.269. The summed E-state index contributed by atoms with van der Waals surface area (Å²) in [4.78, 5) is 41.2. The molecule has 1 aliphatic heterocycles. The van der Waals surface area contributed by atoms with Crippen LogP contribution in [0.3, 0.4) is 0 Å². The first-order valence-electron chi connectivity index (χ1n) is 11.6. The van der Waals surface area contributed by atoms with E-state index in [1.54, 1.807) is 19.2 Å². The Morgan fingerprint density at radius 2 is 1.92 bits per heavy atom. The lowest BCUT2D eigenvalue weighted by Crippen LogP contribution is -2.40. The maximum atomic E-state index is 14.0. The standard InChI is InChI=1S/C26H26F2N4O5/c1-31-10-12-36-11-9-30-32-15-20(25(34)29-14-18-7-8-19(27)13-21(18)28)23(33)24(22(32)26(31)35)37-16-17-5-3-2-4-6-17/h2-8,13,15,30H,9-12,14,16H2,1H3,(H,29,34). The molecule has 0 atom stereocenters. The second-order valence-electron chi connectivity index (χ2n) is 8.36. The Kier molecular flexibility index (Phi) is 8.14. The molecule has 2 amide bonds. The summed E-state index contributed by atoms with van der Waals surface area (Å²) >= 11 is 0. The van der Waals surface area contributed by atoms with Crippen molar-refractivity contribution in [3.63, 3.8) is 0 Å². The summed E-state index contributed by atoms with van der Waals surface area (Å²) < 4.78 is 39.9. The Morgan fingerprint density at radius 1 is 1.14 bits per heavy atom. The molecule has 0 saturated heterocycles. The Labute approximate surface area is 211 Å². The number of nitrogens with one attached hydrogen (secondary N) is 2. The van der Waals surface area contributed by atoms with E-state index in [4.69, 9.17) is 9.47 Å². The van der Waals surface area contributed by atoms with E-state index >= 15 is 0 Å². The van der Waals surface area contributed by atoms with Crippen molar-refractivity contribution in [1.82, 2.24) is 14.9 Å². The molecule has 37 heavy (non-hydrogen) atoms. The molecule has 9 nitrogen and oxygen atoms in total. The van der Waals surface area contributed by atoms with E-state index in [1.807, 2.05) is 18.2 Å². The molecular formula is C26H26F2N4O5. The van der Waals surface area contributed by atoms with Crippen LogP contribution in [-0.4, -0.2) is 54.7 Å². The molecule has 1 aromatic heterocycles. The van der Waals surface area contributed by atoms with Gasteiger partial charge in [-0.15, -0.1) is 0 Å². The number of carbonyl (C=O) groups is 2. The minimum Gasteiger partial charge on any atom is -0.482 e. The number of carbonyl (C=O) groups excluding carboxylic acids is 2. The molecule has 0 saturated carbocycles. The number of rotatable bonds is 6. The maximum absolute atomic E-state index is 14.0. The van der Waals surface area contributed by atoms with E-state index < -0.39 is 28.9 Å². The van der Waals surface area contributed by atoms with Crippen molar-refractivity contribution in [2.75, 3.05) is 38.8 Å². The number of amides is 2. The number of benzene rings is 2. The Bertz CT molecular complexity index is 1350. The van der Waals surface area contributed by atoms with Gasteiger partial charge in [0.2, 0.25) is 5.43 Å². The van der Waals surface area contributed by atoms with Crippen molar-refractivity contribution in [3.8, 4) is 5.75 Å². The van der Waals surface area contributed by atoms with E-state index in [1.165, 1.54) is 21.8 Å². The van der Waals surface area contributed by atoms with Crippen LogP contribution in [0, 0.1) is 11.6 Å².